The van der Waals surface area contributed by atoms with Crippen molar-refractivity contribution in [3.8, 4) is 0 Å². The standard InChI is InChI=1S/C23H21ClF3N5OS/c24-20-8-2-5-17(13-20)15-32(29)30-22(28)18-6-3-9-21(14-18)31-34(33)11-10-16-4-1-7-19(12-16)23(25,26)27/h1-14,31H,15,29H2,(H2,28,30)/b11-10+. The lowest BCUT2D eigenvalue weighted by Crippen LogP contribution is -2.29. The summed E-state index contributed by atoms with van der Waals surface area (Å²) < 4.78 is 53.6. The first-order valence-corrected chi connectivity index (χ1v) is 11.4. The summed E-state index contributed by atoms with van der Waals surface area (Å²) in [5.74, 6) is 6.06. The molecule has 0 amide bonds. The van der Waals surface area contributed by atoms with E-state index in [1.54, 1.807) is 42.5 Å². The van der Waals surface area contributed by atoms with Crippen molar-refractivity contribution in [2.45, 2.75) is 12.7 Å². The summed E-state index contributed by atoms with van der Waals surface area (Å²) in [5.41, 5.74) is 7.41. The monoisotopic (exact) mass is 507 g/mol. The summed E-state index contributed by atoms with van der Waals surface area (Å²) in [4.78, 5) is 0. The molecule has 3 aromatic rings. The lowest BCUT2D eigenvalue weighted by atomic mass is 10.1. The van der Waals surface area contributed by atoms with Gasteiger partial charge in [0.25, 0.3) is 0 Å². The highest BCUT2D eigenvalue weighted by atomic mass is 35.5. The number of nitrogens with two attached hydrogens (primary N) is 2. The van der Waals surface area contributed by atoms with E-state index in [0.29, 0.717) is 16.3 Å². The van der Waals surface area contributed by atoms with E-state index >= 15 is 0 Å². The normalized spacial score (nSPS) is 13.1. The predicted molar refractivity (Wildman–Crippen MR) is 131 cm³/mol. The van der Waals surface area contributed by atoms with Gasteiger partial charge in [-0.15, -0.1) is 5.10 Å². The highest BCUT2D eigenvalue weighted by Gasteiger charge is 2.30. The lowest BCUT2D eigenvalue weighted by molar-refractivity contribution is -0.137. The molecule has 1 atom stereocenters. The molecule has 0 spiro atoms. The second kappa shape index (κ2) is 11.2. The van der Waals surface area contributed by atoms with Crippen molar-refractivity contribution in [1.82, 2.24) is 5.12 Å². The Balaban J connectivity index is 1.65. The molecule has 0 aliphatic rings. The van der Waals surface area contributed by atoms with E-state index in [2.05, 4.69) is 9.82 Å². The van der Waals surface area contributed by atoms with Crippen LogP contribution in [0.5, 0.6) is 0 Å². The highest BCUT2D eigenvalue weighted by molar-refractivity contribution is 7.89. The zero-order valence-electron chi connectivity index (χ0n) is 17.7. The molecule has 0 aromatic heterocycles. The fourth-order valence-electron chi connectivity index (χ4n) is 2.91. The van der Waals surface area contributed by atoms with Crippen LogP contribution in [-0.4, -0.2) is 15.2 Å². The van der Waals surface area contributed by atoms with E-state index in [1.807, 2.05) is 6.07 Å². The SMILES string of the molecule is N/C(=N\N(N)Cc1cccc(Cl)c1)c1cccc(NS(=O)/C=C/c2cccc(C(F)(F)F)c2)c1. The minimum absolute atomic E-state index is 0.137. The van der Waals surface area contributed by atoms with Crippen molar-refractivity contribution < 1.29 is 17.4 Å². The van der Waals surface area contributed by atoms with E-state index in [0.717, 1.165) is 17.7 Å². The Bertz CT molecular complexity index is 1230. The number of halogens is 4. The molecule has 34 heavy (non-hydrogen) atoms. The number of rotatable bonds is 8. The second-order valence-corrected chi connectivity index (χ2v) is 8.63. The zero-order valence-corrected chi connectivity index (χ0v) is 19.2. The van der Waals surface area contributed by atoms with Gasteiger partial charge in [-0.3, -0.25) is 0 Å². The summed E-state index contributed by atoms with van der Waals surface area (Å²) in [6.45, 7) is 0.281. The van der Waals surface area contributed by atoms with Gasteiger partial charge in [-0.2, -0.15) is 13.2 Å². The van der Waals surface area contributed by atoms with Gasteiger partial charge in [0.1, 0.15) is 11.0 Å². The third-order valence-corrected chi connectivity index (χ3v) is 5.50. The van der Waals surface area contributed by atoms with Crippen LogP contribution < -0.4 is 16.3 Å². The smallest absolute Gasteiger partial charge is 0.382 e. The molecule has 3 rings (SSSR count). The van der Waals surface area contributed by atoms with E-state index in [4.69, 9.17) is 23.2 Å². The minimum atomic E-state index is -4.45. The number of nitrogens with one attached hydrogen (secondary N) is 1. The van der Waals surface area contributed by atoms with Crippen LogP contribution in [0, 0.1) is 0 Å². The van der Waals surface area contributed by atoms with Gasteiger partial charge < -0.3 is 10.5 Å². The molecule has 0 bridgehead atoms. The molecule has 1 unspecified atom stereocenters. The first kappa shape index (κ1) is 25.3. The summed E-state index contributed by atoms with van der Waals surface area (Å²) in [6, 6.07) is 18.6. The van der Waals surface area contributed by atoms with Crippen molar-refractivity contribution in [1.29, 1.82) is 0 Å². The van der Waals surface area contributed by atoms with E-state index in [1.165, 1.54) is 28.7 Å². The van der Waals surface area contributed by atoms with Crippen LogP contribution in [0.2, 0.25) is 5.02 Å². The lowest BCUT2D eigenvalue weighted by Gasteiger charge is -2.14. The highest BCUT2D eigenvalue weighted by Crippen LogP contribution is 2.29. The third kappa shape index (κ3) is 7.62. The summed E-state index contributed by atoms with van der Waals surface area (Å²) in [5, 5.41) is 7.16. The molecule has 6 nitrogen and oxygen atoms in total. The molecule has 11 heteroatoms. The largest absolute Gasteiger partial charge is 0.416 e. The minimum Gasteiger partial charge on any atom is -0.382 e. The molecule has 0 aliphatic heterocycles. The van der Waals surface area contributed by atoms with Gasteiger partial charge in [0, 0.05) is 21.7 Å². The van der Waals surface area contributed by atoms with Crippen molar-refractivity contribution in [2.75, 3.05) is 4.72 Å². The van der Waals surface area contributed by atoms with E-state index < -0.39 is 22.7 Å². The molecule has 178 valence electrons. The molecule has 0 radical (unpaired) electrons. The molecule has 0 saturated heterocycles. The Labute approximate surface area is 202 Å². The Kier molecular flexibility index (Phi) is 8.32. The molecule has 0 aliphatic carbocycles. The van der Waals surface area contributed by atoms with Crippen molar-refractivity contribution in [3.63, 3.8) is 0 Å². The Morgan fingerprint density at radius 3 is 2.56 bits per heavy atom. The Morgan fingerprint density at radius 1 is 1.09 bits per heavy atom. The first-order valence-electron chi connectivity index (χ1n) is 9.84. The van der Waals surface area contributed by atoms with Crippen molar-refractivity contribution in [2.24, 2.45) is 16.7 Å². The maximum atomic E-state index is 12.8. The summed E-state index contributed by atoms with van der Waals surface area (Å²) in [7, 11) is -1.70. The predicted octanol–water partition coefficient (Wildman–Crippen LogP) is 5.10. The van der Waals surface area contributed by atoms with Crippen LogP contribution in [-0.2, 0) is 23.7 Å². The average molecular weight is 508 g/mol. The van der Waals surface area contributed by atoms with Gasteiger partial charge in [-0.05, 0) is 53.6 Å². The molecule has 5 N–H and O–H groups in total. The van der Waals surface area contributed by atoms with Crippen LogP contribution in [0.3, 0.4) is 0 Å². The van der Waals surface area contributed by atoms with E-state index in [-0.39, 0.29) is 17.9 Å². The number of anilines is 1. The zero-order chi connectivity index (χ0) is 24.7. The van der Waals surface area contributed by atoms with Crippen molar-refractivity contribution in [3.05, 3.63) is 105 Å². The maximum absolute atomic E-state index is 12.8. The fourth-order valence-corrected chi connectivity index (χ4v) is 3.83. The number of amidine groups is 1. The molecule has 3 aromatic carbocycles. The number of nitrogens with zero attached hydrogens (tertiary/aromatic N) is 2. The second-order valence-electron chi connectivity index (χ2n) is 7.12. The Hall–Kier alpha value is -3.34. The quantitative estimate of drug-likeness (QED) is 0.171. The van der Waals surface area contributed by atoms with Gasteiger partial charge in [-0.1, -0.05) is 48.0 Å². The number of hydrogen-bond donors (Lipinski definition) is 3. The van der Waals surface area contributed by atoms with Gasteiger partial charge in [0.15, 0.2) is 5.84 Å². The summed E-state index contributed by atoms with van der Waals surface area (Å²) >= 11 is 5.97. The van der Waals surface area contributed by atoms with Gasteiger partial charge in [0.05, 0.1) is 12.1 Å². The maximum Gasteiger partial charge on any atom is 0.416 e. The van der Waals surface area contributed by atoms with Crippen LogP contribution in [0.4, 0.5) is 18.9 Å². The Morgan fingerprint density at radius 2 is 1.82 bits per heavy atom. The number of hydrazone groups is 1. The van der Waals surface area contributed by atoms with Crippen LogP contribution in [0.25, 0.3) is 6.08 Å². The molecular formula is C23H21ClF3N5OS. The number of alkyl halides is 3. The summed E-state index contributed by atoms with van der Waals surface area (Å²) in [6.07, 6.45) is -3.10. The number of hydrogen-bond acceptors (Lipinski definition) is 4. The van der Waals surface area contributed by atoms with Crippen molar-refractivity contribution >= 4 is 40.2 Å². The molecule has 0 fully saturated rings. The van der Waals surface area contributed by atoms with Crippen LogP contribution in [0.15, 0.2) is 83.3 Å². The van der Waals surface area contributed by atoms with E-state index in [9.17, 15) is 17.4 Å². The third-order valence-electron chi connectivity index (χ3n) is 4.44. The number of hydrazine groups is 1. The average Bonchev–Trinajstić information content (AvgIpc) is 2.77. The molecular weight excluding hydrogens is 487 g/mol. The van der Waals surface area contributed by atoms with Gasteiger partial charge in [0.2, 0.25) is 0 Å². The fraction of sp³-hybridized carbons (Fsp3) is 0.0870. The topological polar surface area (TPSA) is 96.7 Å². The van der Waals surface area contributed by atoms with Crippen LogP contribution in [0.1, 0.15) is 22.3 Å². The van der Waals surface area contributed by atoms with Crippen LogP contribution >= 0.6 is 11.6 Å². The molecule has 0 heterocycles. The number of benzene rings is 3. The first-order chi connectivity index (χ1) is 16.1. The molecule has 0 saturated carbocycles. The van der Waals surface area contributed by atoms with Gasteiger partial charge in [-0.25, -0.2) is 15.2 Å². The van der Waals surface area contributed by atoms with Gasteiger partial charge >= 0.3 is 6.18 Å².